The predicted molar refractivity (Wildman–Crippen MR) is 71.3 cm³/mol. The van der Waals surface area contributed by atoms with E-state index in [1.165, 1.54) is 0 Å². The second-order valence-electron chi connectivity index (χ2n) is 3.75. The first-order chi connectivity index (χ1) is 8.69. The van der Waals surface area contributed by atoms with Crippen molar-refractivity contribution in [3.8, 4) is 11.5 Å². The van der Waals surface area contributed by atoms with Crippen LogP contribution in [-0.2, 0) is 4.79 Å². The SMILES string of the molecule is CCNCCC(=O)Nc1cc(OC)cc(OC)c1. The maximum Gasteiger partial charge on any atom is 0.225 e. The summed E-state index contributed by atoms with van der Waals surface area (Å²) in [6.07, 6.45) is 0.438. The van der Waals surface area contributed by atoms with Crippen molar-refractivity contribution in [1.82, 2.24) is 5.32 Å². The van der Waals surface area contributed by atoms with Crippen molar-refractivity contribution in [3.63, 3.8) is 0 Å². The maximum atomic E-state index is 11.7. The van der Waals surface area contributed by atoms with Crippen LogP contribution >= 0.6 is 0 Å². The molecular weight excluding hydrogens is 232 g/mol. The summed E-state index contributed by atoms with van der Waals surface area (Å²) < 4.78 is 10.3. The Labute approximate surface area is 107 Å². The minimum absolute atomic E-state index is 0.0359. The largest absolute Gasteiger partial charge is 0.497 e. The van der Waals surface area contributed by atoms with Gasteiger partial charge in [-0.25, -0.2) is 0 Å². The van der Waals surface area contributed by atoms with Crippen LogP contribution in [-0.4, -0.2) is 33.2 Å². The van der Waals surface area contributed by atoms with Gasteiger partial charge in [0.25, 0.3) is 0 Å². The number of benzene rings is 1. The molecule has 0 atom stereocenters. The fourth-order valence-electron chi connectivity index (χ4n) is 1.48. The van der Waals surface area contributed by atoms with Crippen LogP contribution in [0.1, 0.15) is 13.3 Å². The lowest BCUT2D eigenvalue weighted by Crippen LogP contribution is -2.21. The van der Waals surface area contributed by atoms with Crippen LogP contribution in [0.25, 0.3) is 0 Å². The summed E-state index contributed by atoms with van der Waals surface area (Å²) in [6, 6.07) is 5.27. The van der Waals surface area contributed by atoms with Crippen LogP contribution in [0, 0.1) is 0 Å². The smallest absolute Gasteiger partial charge is 0.225 e. The van der Waals surface area contributed by atoms with Crippen LogP contribution in [0.15, 0.2) is 18.2 Å². The van der Waals surface area contributed by atoms with E-state index in [9.17, 15) is 4.79 Å². The first-order valence-corrected chi connectivity index (χ1v) is 5.93. The monoisotopic (exact) mass is 252 g/mol. The summed E-state index contributed by atoms with van der Waals surface area (Å²) in [5.41, 5.74) is 0.674. The Morgan fingerprint density at radius 3 is 2.28 bits per heavy atom. The highest BCUT2D eigenvalue weighted by atomic mass is 16.5. The Bertz CT molecular complexity index is 372. The number of rotatable bonds is 7. The number of carbonyl (C=O) groups is 1. The molecule has 0 aliphatic heterocycles. The van der Waals surface area contributed by atoms with Crippen molar-refractivity contribution in [2.75, 3.05) is 32.6 Å². The molecule has 0 fully saturated rings. The van der Waals surface area contributed by atoms with Crippen LogP contribution < -0.4 is 20.1 Å². The molecule has 0 spiro atoms. The molecule has 0 aromatic heterocycles. The Balaban J connectivity index is 2.62. The molecule has 0 heterocycles. The lowest BCUT2D eigenvalue weighted by atomic mass is 10.2. The van der Waals surface area contributed by atoms with E-state index in [0.717, 1.165) is 6.54 Å². The molecule has 1 rings (SSSR count). The molecule has 100 valence electrons. The van der Waals surface area contributed by atoms with E-state index < -0.39 is 0 Å². The normalized spacial score (nSPS) is 9.94. The quantitative estimate of drug-likeness (QED) is 0.724. The van der Waals surface area contributed by atoms with Gasteiger partial charge in [-0.3, -0.25) is 4.79 Å². The maximum absolute atomic E-state index is 11.7. The topological polar surface area (TPSA) is 59.6 Å². The zero-order chi connectivity index (χ0) is 13.4. The average molecular weight is 252 g/mol. The van der Waals surface area contributed by atoms with Crippen LogP contribution in [0.4, 0.5) is 5.69 Å². The van der Waals surface area contributed by atoms with Gasteiger partial charge >= 0.3 is 0 Å². The van der Waals surface area contributed by atoms with E-state index in [2.05, 4.69) is 10.6 Å². The molecule has 18 heavy (non-hydrogen) atoms. The van der Waals surface area contributed by atoms with E-state index in [1.54, 1.807) is 32.4 Å². The van der Waals surface area contributed by atoms with Gasteiger partial charge < -0.3 is 20.1 Å². The predicted octanol–water partition coefficient (Wildman–Crippen LogP) is 1.64. The highest BCUT2D eigenvalue weighted by Crippen LogP contribution is 2.25. The van der Waals surface area contributed by atoms with Gasteiger partial charge in [0, 0.05) is 36.9 Å². The number of hydrogen-bond donors (Lipinski definition) is 2. The first kappa shape index (κ1) is 14.3. The first-order valence-electron chi connectivity index (χ1n) is 5.93. The van der Waals surface area contributed by atoms with Crippen LogP contribution in [0.3, 0.4) is 0 Å². The molecule has 5 nitrogen and oxygen atoms in total. The van der Waals surface area contributed by atoms with Crippen LogP contribution in [0.5, 0.6) is 11.5 Å². The summed E-state index contributed by atoms with van der Waals surface area (Å²) in [7, 11) is 3.15. The number of ether oxygens (including phenoxy) is 2. The van der Waals surface area contributed by atoms with Gasteiger partial charge in [-0.05, 0) is 6.54 Å². The fraction of sp³-hybridized carbons (Fsp3) is 0.462. The van der Waals surface area contributed by atoms with Gasteiger partial charge in [0.2, 0.25) is 5.91 Å². The summed E-state index contributed by atoms with van der Waals surface area (Å²) in [5, 5.41) is 5.91. The van der Waals surface area contributed by atoms with E-state index >= 15 is 0 Å². The van der Waals surface area contributed by atoms with Crippen molar-refractivity contribution in [2.24, 2.45) is 0 Å². The average Bonchev–Trinajstić information content (AvgIpc) is 2.38. The number of amides is 1. The Hall–Kier alpha value is -1.75. The number of hydrogen-bond acceptors (Lipinski definition) is 4. The molecule has 0 unspecified atom stereocenters. The molecule has 0 aliphatic carbocycles. The fourth-order valence-corrected chi connectivity index (χ4v) is 1.48. The van der Waals surface area contributed by atoms with Crippen molar-refractivity contribution in [2.45, 2.75) is 13.3 Å². The number of methoxy groups -OCH3 is 2. The summed E-state index contributed by atoms with van der Waals surface area (Å²) in [5.74, 6) is 1.26. The van der Waals surface area contributed by atoms with Crippen molar-refractivity contribution in [3.05, 3.63) is 18.2 Å². The molecule has 5 heteroatoms. The van der Waals surface area contributed by atoms with Gasteiger partial charge in [0.05, 0.1) is 14.2 Å². The Morgan fingerprint density at radius 2 is 1.78 bits per heavy atom. The summed E-state index contributed by atoms with van der Waals surface area (Å²) in [6.45, 7) is 3.54. The minimum Gasteiger partial charge on any atom is -0.497 e. The van der Waals surface area contributed by atoms with Gasteiger partial charge in [0.1, 0.15) is 11.5 Å². The highest BCUT2D eigenvalue weighted by Gasteiger charge is 2.05. The highest BCUT2D eigenvalue weighted by molar-refractivity contribution is 5.91. The molecule has 1 aromatic carbocycles. The molecule has 0 saturated heterocycles. The van der Waals surface area contributed by atoms with Gasteiger partial charge in [-0.1, -0.05) is 6.92 Å². The van der Waals surface area contributed by atoms with Gasteiger partial charge in [-0.15, -0.1) is 0 Å². The molecular formula is C13H20N2O3. The van der Waals surface area contributed by atoms with E-state index in [4.69, 9.17) is 9.47 Å². The molecule has 0 aliphatic rings. The molecule has 2 N–H and O–H groups in total. The van der Waals surface area contributed by atoms with E-state index in [1.807, 2.05) is 6.92 Å². The van der Waals surface area contributed by atoms with E-state index in [-0.39, 0.29) is 5.91 Å². The Morgan fingerprint density at radius 1 is 1.17 bits per heavy atom. The Kier molecular flexibility index (Phi) is 6.00. The zero-order valence-electron chi connectivity index (χ0n) is 11.1. The zero-order valence-corrected chi connectivity index (χ0v) is 11.1. The van der Waals surface area contributed by atoms with Crippen molar-refractivity contribution >= 4 is 11.6 Å². The van der Waals surface area contributed by atoms with E-state index in [0.29, 0.717) is 30.2 Å². The standard InChI is InChI=1S/C13H20N2O3/c1-4-14-6-5-13(16)15-10-7-11(17-2)9-12(8-10)18-3/h7-9,14H,4-6H2,1-3H3,(H,15,16). The second kappa shape index (κ2) is 7.55. The third-order valence-electron chi connectivity index (χ3n) is 2.41. The lowest BCUT2D eigenvalue weighted by molar-refractivity contribution is -0.116. The van der Waals surface area contributed by atoms with Crippen molar-refractivity contribution < 1.29 is 14.3 Å². The van der Waals surface area contributed by atoms with Gasteiger partial charge in [-0.2, -0.15) is 0 Å². The van der Waals surface area contributed by atoms with Gasteiger partial charge in [0.15, 0.2) is 0 Å². The summed E-state index contributed by atoms with van der Waals surface area (Å²) >= 11 is 0. The minimum atomic E-state index is -0.0359. The van der Waals surface area contributed by atoms with Crippen LogP contribution in [0.2, 0.25) is 0 Å². The lowest BCUT2D eigenvalue weighted by Gasteiger charge is -2.10. The molecule has 0 bridgehead atoms. The summed E-state index contributed by atoms with van der Waals surface area (Å²) in [4.78, 5) is 11.7. The number of carbonyl (C=O) groups excluding carboxylic acids is 1. The third kappa shape index (κ3) is 4.63. The number of nitrogens with one attached hydrogen (secondary N) is 2. The third-order valence-corrected chi connectivity index (χ3v) is 2.41. The second-order valence-corrected chi connectivity index (χ2v) is 3.75. The number of anilines is 1. The van der Waals surface area contributed by atoms with Crippen molar-refractivity contribution in [1.29, 1.82) is 0 Å². The molecule has 1 aromatic rings. The molecule has 0 radical (unpaired) electrons. The molecule has 0 saturated carbocycles. The molecule has 1 amide bonds.